The third-order valence-corrected chi connectivity index (χ3v) is 5.35. The summed E-state index contributed by atoms with van der Waals surface area (Å²) >= 11 is 0. The van der Waals surface area contributed by atoms with Gasteiger partial charge in [-0.3, -0.25) is 4.79 Å². The Bertz CT molecular complexity index is 614. The molecule has 1 aliphatic rings. The number of nitrogens with one attached hydrogen (secondary N) is 3. The Balaban J connectivity index is 1.54. The van der Waals surface area contributed by atoms with Crippen LogP contribution in [0.4, 0.5) is 16.2 Å². The molecule has 1 aromatic rings. The fourth-order valence-corrected chi connectivity index (χ4v) is 3.50. The Morgan fingerprint density at radius 3 is 2.64 bits per heavy atom. The topological polar surface area (TPSA) is 73.5 Å². The van der Waals surface area contributed by atoms with E-state index in [4.69, 9.17) is 0 Å². The summed E-state index contributed by atoms with van der Waals surface area (Å²) < 4.78 is 0. The minimum Gasteiger partial charge on any atom is -0.375 e. The van der Waals surface area contributed by atoms with Crippen molar-refractivity contribution in [2.24, 2.45) is 0 Å². The molecule has 0 heterocycles. The van der Waals surface area contributed by atoms with Gasteiger partial charge in [0.25, 0.3) is 0 Å². The number of carbonyl (C=O) groups is 2. The summed E-state index contributed by atoms with van der Waals surface area (Å²) in [5.41, 5.74) is 1.93. The van der Waals surface area contributed by atoms with Crippen LogP contribution in [0.2, 0.25) is 0 Å². The molecule has 3 amide bonds. The Morgan fingerprint density at radius 2 is 1.89 bits per heavy atom. The van der Waals surface area contributed by atoms with Gasteiger partial charge in [-0.15, -0.1) is 0 Å². The lowest BCUT2D eigenvalue weighted by Gasteiger charge is -2.22. The molecule has 0 spiro atoms. The zero-order chi connectivity index (χ0) is 20.2. The van der Waals surface area contributed by atoms with Gasteiger partial charge >= 0.3 is 6.03 Å². The van der Waals surface area contributed by atoms with Crippen molar-refractivity contribution in [3.63, 3.8) is 0 Å². The number of anilines is 2. The van der Waals surface area contributed by atoms with E-state index in [0.29, 0.717) is 19.0 Å². The van der Waals surface area contributed by atoms with Crippen molar-refractivity contribution in [1.29, 1.82) is 0 Å². The molecule has 2 rings (SSSR count). The number of nitrogens with zero attached hydrogens (tertiary/aromatic N) is 1. The lowest BCUT2D eigenvalue weighted by molar-refractivity contribution is -0.116. The molecule has 3 N–H and O–H groups in total. The van der Waals surface area contributed by atoms with E-state index in [0.717, 1.165) is 50.0 Å². The SMILES string of the molecule is CCN(C)c1cccc(NC(=O)CCCCCNC(=O)NC2CCCCC2)c1. The molecule has 0 aromatic heterocycles. The minimum atomic E-state index is -0.0541. The maximum absolute atomic E-state index is 12.1. The summed E-state index contributed by atoms with van der Waals surface area (Å²) in [5.74, 6) is 0.0410. The Morgan fingerprint density at radius 1 is 1.11 bits per heavy atom. The molecule has 1 aliphatic carbocycles. The standard InChI is InChI=1S/C22H36N4O2/c1-3-26(2)20-14-10-13-19(17-20)24-21(27)15-8-5-9-16-23-22(28)25-18-11-6-4-7-12-18/h10,13-14,17-18H,3-9,11-12,15-16H2,1-2H3,(H,24,27)(H2,23,25,28). The molecule has 1 fully saturated rings. The average molecular weight is 389 g/mol. The average Bonchev–Trinajstić information content (AvgIpc) is 2.71. The number of benzene rings is 1. The first kappa shape index (κ1) is 22.1. The van der Waals surface area contributed by atoms with E-state index in [1.807, 2.05) is 31.3 Å². The molecule has 0 aliphatic heterocycles. The van der Waals surface area contributed by atoms with E-state index < -0.39 is 0 Å². The summed E-state index contributed by atoms with van der Waals surface area (Å²) in [6.07, 6.45) is 9.06. The highest BCUT2D eigenvalue weighted by molar-refractivity contribution is 5.91. The van der Waals surface area contributed by atoms with E-state index in [-0.39, 0.29) is 11.9 Å². The van der Waals surface area contributed by atoms with Gasteiger partial charge in [0.05, 0.1) is 0 Å². The molecule has 0 saturated heterocycles. The van der Waals surface area contributed by atoms with Crippen LogP contribution in [0, 0.1) is 0 Å². The first-order chi connectivity index (χ1) is 13.6. The molecule has 6 heteroatoms. The summed E-state index contributed by atoms with van der Waals surface area (Å²) in [6, 6.07) is 8.20. The van der Waals surface area contributed by atoms with Gasteiger partial charge in [-0.05, 0) is 50.8 Å². The first-order valence-electron chi connectivity index (χ1n) is 10.7. The van der Waals surface area contributed by atoms with Crippen LogP contribution >= 0.6 is 0 Å². The molecular weight excluding hydrogens is 352 g/mol. The maximum Gasteiger partial charge on any atom is 0.315 e. The number of hydrogen-bond donors (Lipinski definition) is 3. The molecule has 0 unspecified atom stereocenters. The quantitative estimate of drug-likeness (QED) is 0.524. The van der Waals surface area contributed by atoms with Crippen LogP contribution < -0.4 is 20.9 Å². The fourth-order valence-electron chi connectivity index (χ4n) is 3.50. The van der Waals surface area contributed by atoms with E-state index in [1.165, 1.54) is 19.3 Å². The lowest BCUT2D eigenvalue weighted by atomic mass is 9.96. The zero-order valence-electron chi connectivity index (χ0n) is 17.4. The number of unbranched alkanes of at least 4 members (excludes halogenated alkanes) is 2. The van der Waals surface area contributed by atoms with Crippen molar-refractivity contribution >= 4 is 23.3 Å². The van der Waals surface area contributed by atoms with Gasteiger partial charge in [0.1, 0.15) is 0 Å². The third-order valence-electron chi connectivity index (χ3n) is 5.35. The van der Waals surface area contributed by atoms with Crippen molar-refractivity contribution in [1.82, 2.24) is 10.6 Å². The second kappa shape index (κ2) is 12.3. The van der Waals surface area contributed by atoms with Crippen molar-refractivity contribution in [3.8, 4) is 0 Å². The van der Waals surface area contributed by atoms with Gasteiger partial charge in [-0.2, -0.15) is 0 Å². The predicted octanol–water partition coefficient (Wildman–Crippen LogP) is 4.27. The molecule has 156 valence electrons. The van der Waals surface area contributed by atoms with Crippen LogP contribution in [0.5, 0.6) is 0 Å². The number of amides is 3. The smallest absolute Gasteiger partial charge is 0.315 e. The molecule has 0 bridgehead atoms. The molecule has 1 saturated carbocycles. The van der Waals surface area contributed by atoms with Gasteiger partial charge in [0.2, 0.25) is 5.91 Å². The lowest BCUT2D eigenvalue weighted by Crippen LogP contribution is -2.43. The minimum absolute atomic E-state index is 0.0410. The van der Waals surface area contributed by atoms with E-state index in [1.54, 1.807) is 0 Å². The zero-order valence-corrected chi connectivity index (χ0v) is 17.4. The van der Waals surface area contributed by atoms with Crippen molar-refractivity contribution in [2.45, 2.75) is 70.8 Å². The Hall–Kier alpha value is -2.24. The molecule has 6 nitrogen and oxygen atoms in total. The Labute approximate surface area is 169 Å². The summed E-state index contributed by atoms with van der Waals surface area (Å²) in [6.45, 7) is 3.68. The summed E-state index contributed by atoms with van der Waals surface area (Å²) in [4.78, 5) is 26.1. The Kier molecular flexibility index (Phi) is 9.66. The first-order valence-corrected chi connectivity index (χ1v) is 10.7. The van der Waals surface area contributed by atoms with E-state index >= 15 is 0 Å². The van der Waals surface area contributed by atoms with Crippen LogP contribution in [-0.4, -0.2) is 38.1 Å². The van der Waals surface area contributed by atoms with Gasteiger partial charge in [-0.1, -0.05) is 31.7 Å². The number of rotatable bonds is 10. The molecule has 1 aromatic carbocycles. The molecule has 0 radical (unpaired) electrons. The second-order valence-corrected chi connectivity index (χ2v) is 7.66. The van der Waals surface area contributed by atoms with Gasteiger partial charge in [-0.25, -0.2) is 4.79 Å². The van der Waals surface area contributed by atoms with E-state index in [9.17, 15) is 9.59 Å². The third kappa shape index (κ3) is 8.19. The normalized spacial score (nSPS) is 14.4. The second-order valence-electron chi connectivity index (χ2n) is 7.66. The van der Waals surface area contributed by atoms with Crippen LogP contribution in [0.1, 0.15) is 64.7 Å². The number of urea groups is 1. The number of hydrogen-bond acceptors (Lipinski definition) is 3. The maximum atomic E-state index is 12.1. The van der Waals surface area contributed by atoms with Gasteiger partial charge in [0.15, 0.2) is 0 Å². The van der Waals surface area contributed by atoms with Crippen molar-refractivity contribution in [2.75, 3.05) is 30.4 Å². The highest BCUT2D eigenvalue weighted by atomic mass is 16.2. The highest BCUT2D eigenvalue weighted by Crippen LogP contribution is 2.19. The van der Waals surface area contributed by atoms with Gasteiger partial charge < -0.3 is 20.9 Å². The summed E-state index contributed by atoms with van der Waals surface area (Å²) in [7, 11) is 2.03. The predicted molar refractivity (Wildman–Crippen MR) is 116 cm³/mol. The molecular formula is C22H36N4O2. The van der Waals surface area contributed by atoms with Crippen LogP contribution in [0.3, 0.4) is 0 Å². The highest BCUT2D eigenvalue weighted by Gasteiger charge is 2.15. The van der Waals surface area contributed by atoms with E-state index in [2.05, 4.69) is 27.8 Å². The van der Waals surface area contributed by atoms with Crippen LogP contribution in [0.25, 0.3) is 0 Å². The van der Waals surface area contributed by atoms with Crippen LogP contribution in [0.15, 0.2) is 24.3 Å². The number of carbonyl (C=O) groups excluding carboxylic acids is 2. The largest absolute Gasteiger partial charge is 0.375 e. The molecule has 28 heavy (non-hydrogen) atoms. The fraction of sp³-hybridized carbons (Fsp3) is 0.636. The van der Waals surface area contributed by atoms with Crippen LogP contribution in [-0.2, 0) is 4.79 Å². The van der Waals surface area contributed by atoms with Crippen molar-refractivity contribution in [3.05, 3.63) is 24.3 Å². The summed E-state index contributed by atoms with van der Waals surface area (Å²) in [5, 5.41) is 8.95. The monoisotopic (exact) mass is 388 g/mol. The van der Waals surface area contributed by atoms with Crippen molar-refractivity contribution < 1.29 is 9.59 Å². The molecule has 0 atom stereocenters. The van der Waals surface area contributed by atoms with Gasteiger partial charge in [0, 0.05) is 44.0 Å².